The number of hydrogen-bond donors (Lipinski definition) is 0. The number of rotatable bonds is 6. The first-order valence-corrected chi connectivity index (χ1v) is 15.2. The lowest BCUT2D eigenvalue weighted by atomic mass is 10.1. The van der Waals surface area contributed by atoms with Gasteiger partial charge in [-0.15, -0.1) is 0 Å². The molecular formula is C28H28N2O5S2. The third kappa shape index (κ3) is 4.86. The molecule has 2 aliphatic rings. The standard InChI is InChI=1S/C28H28N2O5S2/c1-2-21-11-13-22(14-12-21)19-29-15-17-30(18-16-29)28(31)24-9-6-10-25-27(24)26(20-36(25,32)33)37(34,35)23-7-4-3-5-8-23/h3-14,20H,2,15-19H2,1H3. The third-order valence-corrected chi connectivity index (χ3v) is 10.4. The number of piperazine rings is 1. The van der Waals surface area contributed by atoms with Crippen molar-refractivity contribution < 1.29 is 21.6 Å². The summed E-state index contributed by atoms with van der Waals surface area (Å²) >= 11 is 0. The van der Waals surface area contributed by atoms with Gasteiger partial charge in [-0.25, -0.2) is 16.8 Å². The van der Waals surface area contributed by atoms with Crippen molar-refractivity contribution >= 4 is 30.5 Å². The first kappa shape index (κ1) is 25.4. The Labute approximate surface area is 217 Å². The van der Waals surface area contributed by atoms with Crippen LogP contribution in [-0.4, -0.2) is 58.7 Å². The Morgan fingerprint density at radius 1 is 0.838 bits per heavy atom. The normalized spacial score (nSPS) is 17.3. The summed E-state index contributed by atoms with van der Waals surface area (Å²) in [5.41, 5.74) is 2.56. The Kier molecular flexibility index (Phi) is 6.78. The molecule has 192 valence electrons. The summed E-state index contributed by atoms with van der Waals surface area (Å²) in [5, 5.41) is 0.776. The maximum absolute atomic E-state index is 13.6. The van der Waals surface area contributed by atoms with Gasteiger partial charge in [0, 0.05) is 43.9 Å². The van der Waals surface area contributed by atoms with E-state index in [9.17, 15) is 21.6 Å². The van der Waals surface area contributed by atoms with Crippen LogP contribution >= 0.6 is 0 Å². The van der Waals surface area contributed by atoms with E-state index in [-0.39, 0.29) is 31.7 Å². The first-order chi connectivity index (χ1) is 17.7. The topological polar surface area (TPSA) is 91.8 Å². The van der Waals surface area contributed by atoms with E-state index in [4.69, 9.17) is 0 Å². The van der Waals surface area contributed by atoms with E-state index in [0.29, 0.717) is 26.2 Å². The molecule has 0 atom stereocenters. The largest absolute Gasteiger partial charge is 0.336 e. The molecule has 3 aromatic carbocycles. The molecule has 2 aliphatic heterocycles. The zero-order valence-electron chi connectivity index (χ0n) is 20.5. The number of nitrogens with zero attached hydrogens (tertiary/aromatic N) is 2. The molecule has 1 fully saturated rings. The van der Waals surface area contributed by atoms with Crippen molar-refractivity contribution in [2.24, 2.45) is 0 Å². The second-order valence-corrected chi connectivity index (χ2v) is 12.9. The molecule has 7 nitrogen and oxygen atoms in total. The van der Waals surface area contributed by atoms with E-state index in [0.717, 1.165) is 18.4 Å². The third-order valence-electron chi connectivity index (χ3n) is 6.91. The lowest BCUT2D eigenvalue weighted by Gasteiger charge is -2.35. The van der Waals surface area contributed by atoms with Gasteiger partial charge in [0.25, 0.3) is 5.91 Å². The number of carbonyl (C=O) groups excluding carboxylic acids is 1. The average molecular weight is 537 g/mol. The fraction of sp³-hybridized carbons (Fsp3) is 0.250. The highest BCUT2D eigenvalue weighted by Crippen LogP contribution is 2.41. The molecule has 0 radical (unpaired) electrons. The van der Waals surface area contributed by atoms with Crippen molar-refractivity contribution in [1.82, 2.24) is 9.80 Å². The number of aryl methyl sites for hydroxylation is 1. The van der Waals surface area contributed by atoms with E-state index in [2.05, 4.69) is 36.1 Å². The lowest BCUT2D eigenvalue weighted by molar-refractivity contribution is 0.0628. The van der Waals surface area contributed by atoms with Gasteiger partial charge in [0.05, 0.1) is 20.1 Å². The average Bonchev–Trinajstić information content (AvgIpc) is 3.21. The molecule has 0 aromatic heterocycles. The highest BCUT2D eigenvalue weighted by atomic mass is 32.2. The summed E-state index contributed by atoms with van der Waals surface area (Å²) in [7, 11) is -8.16. The van der Waals surface area contributed by atoms with Gasteiger partial charge < -0.3 is 4.90 Å². The Morgan fingerprint density at radius 3 is 2.14 bits per heavy atom. The molecule has 0 saturated carbocycles. The first-order valence-electron chi connectivity index (χ1n) is 12.2. The van der Waals surface area contributed by atoms with Crippen LogP contribution in [0.4, 0.5) is 0 Å². The summed E-state index contributed by atoms with van der Waals surface area (Å²) in [6.45, 7) is 5.17. The monoisotopic (exact) mass is 536 g/mol. The van der Waals surface area contributed by atoms with E-state index < -0.39 is 19.7 Å². The van der Waals surface area contributed by atoms with Crippen LogP contribution < -0.4 is 0 Å². The number of fused-ring (bicyclic) bond motifs is 1. The van der Waals surface area contributed by atoms with Crippen molar-refractivity contribution in [3.63, 3.8) is 0 Å². The summed E-state index contributed by atoms with van der Waals surface area (Å²) in [5.74, 6) is -0.366. The maximum atomic E-state index is 13.6. The minimum atomic E-state index is -4.16. The quantitative estimate of drug-likeness (QED) is 0.476. The molecule has 5 rings (SSSR count). The Morgan fingerprint density at radius 2 is 1.49 bits per heavy atom. The van der Waals surface area contributed by atoms with Crippen LogP contribution in [0.25, 0.3) is 4.91 Å². The highest BCUT2D eigenvalue weighted by Gasteiger charge is 2.39. The van der Waals surface area contributed by atoms with Gasteiger partial charge in [-0.2, -0.15) is 0 Å². The number of amides is 1. The summed E-state index contributed by atoms with van der Waals surface area (Å²) in [4.78, 5) is 17.0. The lowest BCUT2D eigenvalue weighted by Crippen LogP contribution is -2.48. The van der Waals surface area contributed by atoms with Crippen molar-refractivity contribution in [3.05, 3.63) is 100 Å². The van der Waals surface area contributed by atoms with Gasteiger partial charge in [0.15, 0.2) is 0 Å². The van der Waals surface area contributed by atoms with Crippen LogP contribution in [0.1, 0.15) is 34.0 Å². The van der Waals surface area contributed by atoms with Gasteiger partial charge in [0.1, 0.15) is 0 Å². The molecule has 37 heavy (non-hydrogen) atoms. The molecule has 1 amide bonds. The van der Waals surface area contributed by atoms with Crippen molar-refractivity contribution in [3.8, 4) is 0 Å². The van der Waals surface area contributed by atoms with Gasteiger partial charge in [-0.1, -0.05) is 55.5 Å². The Bertz CT molecular complexity index is 1570. The predicted molar refractivity (Wildman–Crippen MR) is 142 cm³/mol. The highest BCUT2D eigenvalue weighted by molar-refractivity contribution is 8.03. The second kappa shape index (κ2) is 9.89. The van der Waals surface area contributed by atoms with Crippen molar-refractivity contribution in [2.45, 2.75) is 29.7 Å². The van der Waals surface area contributed by atoms with Crippen molar-refractivity contribution in [2.75, 3.05) is 26.2 Å². The zero-order valence-corrected chi connectivity index (χ0v) is 22.1. The zero-order chi connectivity index (χ0) is 26.2. The van der Waals surface area contributed by atoms with Crippen molar-refractivity contribution in [1.29, 1.82) is 0 Å². The van der Waals surface area contributed by atoms with Crippen LogP contribution in [0, 0.1) is 0 Å². The predicted octanol–water partition coefficient (Wildman–Crippen LogP) is 3.77. The molecule has 9 heteroatoms. The maximum Gasteiger partial charge on any atom is 0.254 e. The van der Waals surface area contributed by atoms with Crippen LogP contribution in [0.2, 0.25) is 0 Å². The molecule has 0 aliphatic carbocycles. The molecule has 0 spiro atoms. The fourth-order valence-corrected chi connectivity index (χ4v) is 8.31. The Balaban J connectivity index is 1.39. The van der Waals surface area contributed by atoms with Gasteiger partial charge >= 0.3 is 0 Å². The summed E-state index contributed by atoms with van der Waals surface area (Å²) in [6, 6.07) is 20.6. The second-order valence-electron chi connectivity index (χ2n) is 9.26. The molecular weight excluding hydrogens is 508 g/mol. The summed E-state index contributed by atoms with van der Waals surface area (Å²) in [6.07, 6.45) is 0.995. The van der Waals surface area contributed by atoms with Crippen LogP contribution in [-0.2, 0) is 32.6 Å². The molecule has 0 unspecified atom stereocenters. The minimum absolute atomic E-state index is 0.0212. The number of carbonyl (C=O) groups is 1. The molecule has 3 aromatic rings. The van der Waals surface area contributed by atoms with Gasteiger partial charge in [-0.05, 0) is 41.8 Å². The Hall–Kier alpha value is -3.27. The van der Waals surface area contributed by atoms with E-state index in [1.807, 2.05) is 0 Å². The fourth-order valence-electron chi connectivity index (χ4n) is 4.81. The smallest absolute Gasteiger partial charge is 0.254 e. The number of sulfone groups is 2. The molecule has 0 bridgehead atoms. The van der Waals surface area contributed by atoms with Gasteiger partial charge in [-0.3, -0.25) is 9.69 Å². The number of hydrogen-bond acceptors (Lipinski definition) is 6. The van der Waals surface area contributed by atoms with E-state index >= 15 is 0 Å². The molecule has 0 N–H and O–H groups in total. The minimum Gasteiger partial charge on any atom is -0.336 e. The van der Waals surface area contributed by atoms with E-state index in [1.165, 1.54) is 41.5 Å². The summed E-state index contributed by atoms with van der Waals surface area (Å²) < 4.78 is 52.6. The van der Waals surface area contributed by atoms with Gasteiger partial charge in [0.2, 0.25) is 19.7 Å². The SMILES string of the molecule is CCc1ccc(CN2CCN(C(=O)c3cccc4c3C(S(=O)(=O)c3ccccc3)=CS4(=O)=O)CC2)cc1. The van der Waals surface area contributed by atoms with Crippen LogP contribution in [0.15, 0.2) is 88.0 Å². The molecule has 1 saturated heterocycles. The van der Waals surface area contributed by atoms with E-state index in [1.54, 1.807) is 23.1 Å². The van der Waals surface area contributed by atoms with Crippen LogP contribution in [0.5, 0.6) is 0 Å². The molecule has 2 heterocycles. The number of benzene rings is 3. The van der Waals surface area contributed by atoms with Crippen LogP contribution in [0.3, 0.4) is 0 Å².